The molecule has 1 aromatic rings. The first-order chi connectivity index (χ1) is 9.56. The maximum Gasteiger partial charge on any atom is 0.175 e. The quantitative estimate of drug-likeness (QED) is 0.844. The van der Waals surface area contributed by atoms with Gasteiger partial charge in [0.25, 0.3) is 0 Å². The van der Waals surface area contributed by atoms with Crippen LogP contribution in [0, 0.1) is 24.5 Å². The van der Waals surface area contributed by atoms with E-state index in [1.807, 2.05) is 6.92 Å². The Bertz CT molecular complexity index is 505. The first kappa shape index (κ1) is 15.1. The molecule has 0 bridgehead atoms. The Kier molecular flexibility index (Phi) is 4.83. The number of halogens is 2. The summed E-state index contributed by atoms with van der Waals surface area (Å²) >= 11 is 0. The summed E-state index contributed by atoms with van der Waals surface area (Å²) in [5.74, 6) is -2.63. The maximum atomic E-state index is 14.0. The molecule has 1 N–H and O–H groups in total. The number of benzene rings is 1. The topological polar surface area (TPSA) is 38.3 Å². The van der Waals surface area contributed by atoms with Crippen LogP contribution in [0.5, 0.6) is 0 Å². The number of ether oxygens (including phenoxy) is 1. The third-order valence-corrected chi connectivity index (χ3v) is 3.60. The molecule has 110 valence electrons. The molecule has 1 aliphatic heterocycles. The number of aryl methyl sites for hydroxylation is 1. The fraction of sp³-hybridized carbons (Fsp3) is 0.533. The second-order valence-electron chi connectivity index (χ2n) is 5.12. The van der Waals surface area contributed by atoms with Gasteiger partial charge in [0.05, 0.1) is 24.7 Å². The zero-order valence-corrected chi connectivity index (χ0v) is 11.7. The van der Waals surface area contributed by atoms with E-state index in [0.717, 1.165) is 19.0 Å². The van der Waals surface area contributed by atoms with Gasteiger partial charge in [-0.2, -0.15) is 0 Å². The van der Waals surface area contributed by atoms with Gasteiger partial charge >= 0.3 is 0 Å². The molecule has 0 spiro atoms. The molecule has 5 heteroatoms. The summed E-state index contributed by atoms with van der Waals surface area (Å²) in [5.41, 5.74) is -0.171. The summed E-state index contributed by atoms with van der Waals surface area (Å²) in [6.07, 6.45) is 0.921. The van der Waals surface area contributed by atoms with Crippen molar-refractivity contribution in [3.8, 4) is 0 Å². The number of nitrogens with one attached hydrogen (secondary N) is 1. The van der Waals surface area contributed by atoms with E-state index in [-0.39, 0.29) is 18.2 Å². The molecule has 0 saturated carbocycles. The normalized spacial score (nSPS) is 22.2. The molecule has 2 unspecified atom stereocenters. The predicted molar refractivity (Wildman–Crippen MR) is 71.8 cm³/mol. The van der Waals surface area contributed by atoms with Crippen molar-refractivity contribution in [3.05, 3.63) is 34.9 Å². The van der Waals surface area contributed by atoms with Crippen LogP contribution >= 0.6 is 0 Å². The molecule has 20 heavy (non-hydrogen) atoms. The van der Waals surface area contributed by atoms with Gasteiger partial charge in [0.1, 0.15) is 11.6 Å². The average Bonchev–Trinajstić information content (AvgIpc) is 2.89. The van der Waals surface area contributed by atoms with Crippen LogP contribution in [0.2, 0.25) is 0 Å². The average molecular weight is 283 g/mol. The van der Waals surface area contributed by atoms with Crippen LogP contribution in [-0.4, -0.2) is 31.6 Å². The monoisotopic (exact) mass is 283 g/mol. The van der Waals surface area contributed by atoms with Gasteiger partial charge in [-0.1, -0.05) is 13.0 Å². The highest BCUT2D eigenvalue weighted by molar-refractivity contribution is 5.99. The molecule has 1 fully saturated rings. The molecule has 3 nitrogen and oxygen atoms in total. The Morgan fingerprint density at radius 1 is 1.40 bits per heavy atom. The Labute approximate surface area is 117 Å². The summed E-state index contributed by atoms with van der Waals surface area (Å²) in [7, 11) is 0. The lowest BCUT2D eigenvalue weighted by Gasteiger charge is -2.18. The molecule has 0 radical (unpaired) electrons. The zero-order chi connectivity index (χ0) is 14.7. The Morgan fingerprint density at radius 2 is 2.15 bits per heavy atom. The van der Waals surface area contributed by atoms with Gasteiger partial charge in [0.2, 0.25) is 0 Å². The van der Waals surface area contributed by atoms with Crippen LogP contribution in [0.25, 0.3) is 0 Å². The summed E-state index contributed by atoms with van der Waals surface area (Å²) in [6, 6.07) is 2.29. The summed E-state index contributed by atoms with van der Waals surface area (Å²) in [6.45, 7) is 4.87. The summed E-state index contributed by atoms with van der Waals surface area (Å²) in [5, 5.41) is 3.19. The van der Waals surface area contributed by atoms with Gasteiger partial charge in [-0.15, -0.1) is 0 Å². The highest BCUT2D eigenvalue weighted by Crippen LogP contribution is 2.24. The number of rotatable bonds is 5. The van der Waals surface area contributed by atoms with E-state index in [4.69, 9.17) is 4.74 Å². The largest absolute Gasteiger partial charge is 0.379 e. The molecular weight excluding hydrogens is 264 g/mol. The third-order valence-electron chi connectivity index (χ3n) is 3.60. The number of carbonyl (C=O) groups excluding carboxylic acids is 1. The number of carbonyl (C=O) groups is 1. The molecule has 0 aliphatic carbocycles. The van der Waals surface area contributed by atoms with Gasteiger partial charge in [-0.25, -0.2) is 8.78 Å². The fourth-order valence-electron chi connectivity index (χ4n) is 2.41. The van der Waals surface area contributed by atoms with Gasteiger partial charge in [-0.05, 0) is 31.5 Å². The van der Waals surface area contributed by atoms with E-state index < -0.39 is 28.9 Å². The van der Waals surface area contributed by atoms with Gasteiger partial charge < -0.3 is 10.1 Å². The van der Waals surface area contributed by atoms with Crippen LogP contribution in [0.15, 0.2) is 12.1 Å². The van der Waals surface area contributed by atoms with Crippen molar-refractivity contribution in [1.82, 2.24) is 5.32 Å². The fourth-order valence-corrected chi connectivity index (χ4v) is 2.41. The number of hydrogen-bond donors (Lipinski definition) is 1. The molecule has 1 aromatic carbocycles. The van der Waals surface area contributed by atoms with E-state index in [1.54, 1.807) is 0 Å². The molecular formula is C15H19F2NO2. The number of hydrogen-bond acceptors (Lipinski definition) is 3. The second-order valence-corrected chi connectivity index (χ2v) is 5.12. The highest BCUT2D eigenvalue weighted by Gasteiger charge is 2.36. The van der Waals surface area contributed by atoms with E-state index in [9.17, 15) is 13.6 Å². The molecule has 0 aromatic heterocycles. The summed E-state index contributed by atoms with van der Waals surface area (Å²) < 4.78 is 33.1. The van der Waals surface area contributed by atoms with Crippen molar-refractivity contribution in [3.63, 3.8) is 0 Å². The molecule has 0 amide bonds. The van der Waals surface area contributed by atoms with Crippen molar-refractivity contribution in [2.24, 2.45) is 5.92 Å². The van der Waals surface area contributed by atoms with Crippen molar-refractivity contribution < 1.29 is 18.3 Å². The smallest absolute Gasteiger partial charge is 0.175 e. The van der Waals surface area contributed by atoms with Gasteiger partial charge in [0.15, 0.2) is 5.78 Å². The van der Waals surface area contributed by atoms with Crippen LogP contribution in [-0.2, 0) is 4.74 Å². The number of ketones is 1. The van der Waals surface area contributed by atoms with Crippen LogP contribution in [0.4, 0.5) is 8.78 Å². The maximum absolute atomic E-state index is 14.0. The van der Waals surface area contributed by atoms with Crippen molar-refractivity contribution in [2.75, 3.05) is 19.8 Å². The van der Waals surface area contributed by atoms with Crippen LogP contribution in [0.1, 0.15) is 29.3 Å². The van der Waals surface area contributed by atoms with Crippen molar-refractivity contribution in [2.45, 2.75) is 26.3 Å². The summed E-state index contributed by atoms with van der Waals surface area (Å²) in [4.78, 5) is 12.4. The lowest BCUT2D eigenvalue weighted by atomic mass is 9.91. The predicted octanol–water partition coefficient (Wildman–Crippen LogP) is 2.47. The van der Waals surface area contributed by atoms with Crippen LogP contribution < -0.4 is 5.32 Å². The Balaban J connectivity index is 2.25. The van der Waals surface area contributed by atoms with E-state index in [0.29, 0.717) is 6.61 Å². The van der Waals surface area contributed by atoms with Crippen LogP contribution in [0.3, 0.4) is 0 Å². The third kappa shape index (κ3) is 2.88. The molecule has 1 aliphatic rings. The van der Waals surface area contributed by atoms with Crippen molar-refractivity contribution in [1.29, 1.82) is 0 Å². The minimum Gasteiger partial charge on any atom is -0.379 e. The molecule has 1 heterocycles. The lowest BCUT2D eigenvalue weighted by Crippen LogP contribution is -2.40. The Morgan fingerprint density at radius 3 is 2.85 bits per heavy atom. The van der Waals surface area contributed by atoms with E-state index in [2.05, 4.69) is 5.32 Å². The van der Waals surface area contributed by atoms with E-state index in [1.165, 1.54) is 13.0 Å². The first-order valence-corrected chi connectivity index (χ1v) is 6.86. The molecule has 2 rings (SSSR count). The second kappa shape index (κ2) is 6.41. The number of Topliss-reactive ketones (excluding diaryl/α,β-unsaturated/α-hetero) is 1. The van der Waals surface area contributed by atoms with Gasteiger partial charge in [0, 0.05) is 6.04 Å². The minimum absolute atomic E-state index is 0.179. The molecule has 2 atom stereocenters. The van der Waals surface area contributed by atoms with E-state index >= 15 is 0 Å². The first-order valence-electron chi connectivity index (χ1n) is 6.86. The van der Waals surface area contributed by atoms with Crippen molar-refractivity contribution >= 4 is 5.78 Å². The van der Waals surface area contributed by atoms with Gasteiger partial charge in [-0.3, -0.25) is 4.79 Å². The SMILES string of the molecule is CCCNC1COCC1C(=O)c1c(F)ccc(C)c1F. The molecule has 1 saturated heterocycles. The standard InChI is InChI=1S/C15H19F2NO2/c1-3-6-18-12-8-20-7-10(12)15(19)13-11(16)5-4-9(2)14(13)17/h4-5,10,12,18H,3,6-8H2,1-2H3. The Hall–Kier alpha value is -1.33. The lowest BCUT2D eigenvalue weighted by molar-refractivity contribution is 0.0882. The highest BCUT2D eigenvalue weighted by atomic mass is 19.1. The minimum atomic E-state index is -0.806. The zero-order valence-electron chi connectivity index (χ0n) is 11.7.